The Morgan fingerprint density at radius 2 is 1.82 bits per heavy atom. The van der Waals surface area contributed by atoms with Gasteiger partial charge in [-0.3, -0.25) is 4.57 Å². The van der Waals surface area contributed by atoms with Gasteiger partial charge in [0.2, 0.25) is 5.82 Å². The quantitative estimate of drug-likeness (QED) is 0.790. The number of aromatic nitrogens is 4. The number of aryl methyl sites for hydroxylation is 1. The van der Waals surface area contributed by atoms with Crippen LogP contribution in [0.3, 0.4) is 0 Å². The van der Waals surface area contributed by atoms with Gasteiger partial charge in [0.1, 0.15) is 17.1 Å². The highest BCUT2D eigenvalue weighted by Crippen LogP contribution is 2.28. The smallest absolute Gasteiger partial charge is 0.451 e. The lowest BCUT2D eigenvalue weighted by atomic mass is 10.3. The molecular formula is C14H11F3N4O. The summed E-state index contributed by atoms with van der Waals surface area (Å²) in [4.78, 5) is 11.2. The van der Waals surface area contributed by atoms with Gasteiger partial charge in [0.15, 0.2) is 5.65 Å². The van der Waals surface area contributed by atoms with Crippen molar-refractivity contribution in [1.29, 1.82) is 0 Å². The van der Waals surface area contributed by atoms with Gasteiger partial charge >= 0.3 is 6.18 Å². The topological polar surface area (TPSA) is 63.8 Å². The van der Waals surface area contributed by atoms with Crippen molar-refractivity contribution < 1.29 is 18.3 Å². The fourth-order valence-corrected chi connectivity index (χ4v) is 2.17. The molecular weight excluding hydrogens is 297 g/mol. The van der Waals surface area contributed by atoms with Gasteiger partial charge in [-0.05, 0) is 24.3 Å². The summed E-state index contributed by atoms with van der Waals surface area (Å²) < 4.78 is 39.9. The summed E-state index contributed by atoms with van der Waals surface area (Å²) in [5, 5.41) is 9.35. The molecule has 1 aromatic carbocycles. The molecule has 22 heavy (non-hydrogen) atoms. The number of halogens is 3. The molecule has 0 aliphatic heterocycles. The Morgan fingerprint density at radius 1 is 1.14 bits per heavy atom. The first kappa shape index (κ1) is 14.3. The molecule has 0 saturated heterocycles. The molecule has 114 valence electrons. The molecule has 3 rings (SSSR count). The minimum Gasteiger partial charge on any atom is -0.508 e. The van der Waals surface area contributed by atoms with Crippen molar-refractivity contribution in [3.8, 4) is 11.4 Å². The van der Waals surface area contributed by atoms with Gasteiger partial charge in [-0.2, -0.15) is 13.2 Å². The molecule has 0 spiro atoms. The molecule has 2 aromatic heterocycles. The zero-order valence-electron chi connectivity index (χ0n) is 11.5. The molecule has 1 N–H and O–H groups in total. The summed E-state index contributed by atoms with van der Waals surface area (Å²) in [7, 11) is 0. The highest BCUT2D eigenvalue weighted by atomic mass is 19.4. The van der Waals surface area contributed by atoms with Crippen LogP contribution in [0.5, 0.6) is 5.75 Å². The molecule has 0 bridgehead atoms. The number of fused-ring (bicyclic) bond motifs is 1. The Labute approximate surface area is 123 Å². The fraction of sp³-hybridized carbons (Fsp3) is 0.214. The number of aromatic hydroxyl groups is 1. The minimum absolute atomic E-state index is 0.0665. The summed E-state index contributed by atoms with van der Waals surface area (Å²) in [5.74, 6) is -0.575. The van der Waals surface area contributed by atoms with E-state index in [4.69, 9.17) is 0 Å². The maximum atomic E-state index is 12.8. The number of phenolic OH excluding ortho intramolecular Hbond substituents is 1. The third kappa shape index (κ3) is 2.36. The SMILES string of the molecule is CCc1nc2cnc(C(F)(F)F)nc2n1-c1ccc(O)cc1. The first-order valence-corrected chi connectivity index (χ1v) is 6.51. The van der Waals surface area contributed by atoms with Crippen LogP contribution >= 0.6 is 0 Å². The molecule has 0 aliphatic carbocycles. The van der Waals surface area contributed by atoms with E-state index in [0.717, 1.165) is 6.20 Å². The van der Waals surface area contributed by atoms with Gasteiger partial charge < -0.3 is 5.11 Å². The van der Waals surface area contributed by atoms with Crippen LogP contribution in [0.4, 0.5) is 13.2 Å². The number of imidazole rings is 1. The zero-order valence-corrected chi connectivity index (χ0v) is 11.5. The molecule has 0 amide bonds. The maximum Gasteiger partial charge on any atom is 0.451 e. The second kappa shape index (κ2) is 4.97. The highest BCUT2D eigenvalue weighted by molar-refractivity contribution is 5.73. The van der Waals surface area contributed by atoms with Crippen LogP contribution in [0.25, 0.3) is 16.9 Å². The average Bonchev–Trinajstić information content (AvgIpc) is 2.85. The van der Waals surface area contributed by atoms with E-state index >= 15 is 0 Å². The summed E-state index contributed by atoms with van der Waals surface area (Å²) in [6, 6.07) is 6.08. The normalized spacial score (nSPS) is 12.0. The minimum atomic E-state index is -4.62. The van der Waals surface area contributed by atoms with E-state index in [1.807, 2.05) is 6.92 Å². The van der Waals surface area contributed by atoms with Gasteiger partial charge in [0.25, 0.3) is 0 Å². The Morgan fingerprint density at radius 3 is 2.41 bits per heavy atom. The van der Waals surface area contributed by atoms with E-state index in [2.05, 4.69) is 15.0 Å². The van der Waals surface area contributed by atoms with Crippen molar-refractivity contribution in [2.45, 2.75) is 19.5 Å². The van der Waals surface area contributed by atoms with Crippen LogP contribution < -0.4 is 0 Å². The summed E-state index contributed by atoms with van der Waals surface area (Å²) in [6.07, 6.45) is -3.04. The average molecular weight is 308 g/mol. The van der Waals surface area contributed by atoms with Gasteiger partial charge in [-0.1, -0.05) is 6.92 Å². The number of rotatable bonds is 2. The molecule has 0 saturated carbocycles. The van der Waals surface area contributed by atoms with E-state index in [1.54, 1.807) is 12.1 Å². The number of hydrogen-bond donors (Lipinski definition) is 1. The third-order valence-corrected chi connectivity index (χ3v) is 3.15. The fourth-order valence-electron chi connectivity index (χ4n) is 2.17. The third-order valence-electron chi connectivity index (χ3n) is 3.15. The van der Waals surface area contributed by atoms with Crippen LogP contribution in [-0.2, 0) is 12.6 Å². The number of alkyl halides is 3. The van der Waals surface area contributed by atoms with E-state index in [1.165, 1.54) is 16.7 Å². The van der Waals surface area contributed by atoms with Crippen molar-refractivity contribution >= 4 is 11.2 Å². The summed E-state index contributed by atoms with van der Waals surface area (Å²) in [5.41, 5.74) is 0.951. The predicted octanol–water partition coefficient (Wildman–Crippen LogP) is 3.10. The largest absolute Gasteiger partial charge is 0.508 e. The van der Waals surface area contributed by atoms with Gasteiger partial charge in [-0.25, -0.2) is 15.0 Å². The second-order valence-electron chi connectivity index (χ2n) is 4.63. The first-order chi connectivity index (χ1) is 10.4. The molecule has 3 aromatic rings. The first-order valence-electron chi connectivity index (χ1n) is 6.51. The molecule has 2 heterocycles. The van der Waals surface area contributed by atoms with Crippen LogP contribution in [0.2, 0.25) is 0 Å². The van der Waals surface area contributed by atoms with Gasteiger partial charge in [-0.15, -0.1) is 0 Å². The van der Waals surface area contributed by atoms with Gasteiger partial charge in [0, 0.05) is 12.1 Å². The van der Waals surface area contributed by atoms with Crippen molar-refractivity contribution in [2.75, 3.05) is 0 Å². The molecule has 5 nitrogen and oxygen atoms in total. The zero-order chi connectivity index (χ0) is 15.9. The van der Waals surface area contributed by atoms with Crippen molar-refractivity contribution in [3.05, 3.63) is 42.1 Å². The van der Waals surface area contributed by atoms with Crippen LogP contribution in [0.1, 0.15) is 18.6 Å². The Balaban J connectivity index is 2.28. The maximum absolute atomic E-state index is 12.8. The van der Waals surface area contributed by atoms with Crippen LogP contribution in [0, 0.1) is 0 Å². The van der Waals surface area contributed by atoms with Crippen LogP contribution in [-0.4, -0.2) is 24.6 Å². The van der Waals surface area contributed by atoms with E-state index in [9.17, 15) is 18.3 Å². The van der Waals surface area contributed by atoms with Crippen molar-refractivity contribution in [2.24, 2.45) is 0 Å². The Kier molecular flexibility index (Phi) is 3.23. The molecule has 0 atom stereocenters. The molecule has 0 unspecified atom stereocenters. The number of hydrogen-bond acceptors (Lipinski definition) is 4. The number of nitrogens with zero attached hydrogens (tertiary/aromatic N) is 4. The number of phenols is 1. The second-order valence-corrected chi connectivity index (χ2v) is 4.63. The van der Waals surface area contributed by atoms with Crippen molar-refractivity contribution in [3.63, 3.8) is 0 Å². The molecule has 0 fully saturated rings. The summed E-state index contributed by atoms with van der Waals surface area (Å²) >= 11 is 0. The van der Waals surface area contributed by atoms with E-state index in [0.29, 0.717) is 17.9 Å². The lowest BCUT2D eigenvalue weighted by Crippen LogP contribution is -2.11. The van der Waals surface area contributed by atoms with E-state index < -0.39 is 12.0 Å². The van der Waals surface area contributed by atoms with Gasteiger partial charge in [0.05, 0.1) is 6.20 Å². The van der Waals surface area contributed by atoms with Crippen molar-refractivity contribution in [1.82, 2.24) is 19.5 Å². The predicted molar refractivity (Wildman–Crippen MR) is 72.7 cm³/mol. The Hall–Kier alpha value is -2.64. The molecule has 0 aliphatic rings. The molecule has 8 heteroatoms. The lowest BCUT2D eigenvalue weighted by molar-refractivity contribution is -0.144. The van der Waals surface area contributed by atoms with E-state index in [-0.39, 0.29) is 16.9 Å². The monoisotopic (exact) mass is 308 g/mol. The lowest BCUT2D eigenvalue weighted by Gasteiger charge is -2.09. The number of benzene rings is 1. The van der Waals surface area contributed by atoms with Crippen LogP contribution in [0.15, 0.2) is 30.5 Å². The standard InChI is InChI=1S/C14H11F3N4O/c1-2-11-19-10-7-18-13(14(15,16)17)20-12(10)21(11)8-3-5-9(22)6-4-8/h3-7,22H,2H2,1H3. The summed E-state index contributed by atoms with van der Waals surface area (Å²) in [6.45, 7) is 1.84. The Bertz CT molecular complexity index is 824. The highest BCUT2D eigenvalue weighted by Gasteiger charge is 2.35. The molecule has 0 radical (unpaired) electrons.